The van der Waals surface area contributed by atoms with Crippen LogP contribution in [0.1, 0.15) is 49.3 Å². The Morgan fingerprint density at radius 2 is 1.65 bits per heavy atom. The number of methoxy groups -OCH3 is 1. The van der Waals surface area contributed by atoms with E-state index >= 15 is 0 Å². The smallest absolute Gasteiger partial charge is 0.163 e. The van der Waals surface area contributed by atoms with Crippen molar-refractivity contribution in [1.82, 2.24) is 0 Å². The second kappa shape index (κ2) is 9.64. The van der Waals surface area contributed by atoms with E-state index < -0.39 is 0 Å². The lowest BCUT2D eigenvalue weighted by Crippen LogP contribution is -2.27. The number of carbonyl (C=O) groups excluding carboxylic acids is 1. The number of fused-ring (bicyclic) bond motifs is 1. The predicted octanol–water partition coefficient (Wildman–Crippen LogP) is 6.46. The molecule has 1 aliphatic heterocycles. The molecule has 0 amide bonds. The SMILES string of the molecule is CCCOc1ccccc1[C@@H]1Nc2ccccc2NC2=C1C(=O)C[C@@H](c1ccc(OC)cc1)C2. The Kier molecular flexibility index (Phi) is 6.26. The molecule has 3 aromatic carbocycles. The summed E-state index contributed by atoms with van der Waals surface area (Å²) in [7, 11) is 1.67. The molecule has 3 aromatic rings. The van der Waals surface area contributed by atoms with Crippen LogP contribution >= 0.6 is 0 Å². The molecule has 2 aliphatic rings. The molecule has 0 saturated heterocycles. The molecule has 0 unspecified atom stereocenters. The van der Waals surface area contributed by atoms with Gasteiger partial charge in [0.15, 0.2) is 5.78 Å². The molecular formula is C29H30N2O3. The zero-order valence-corrected chi connectivity index (χ0v) is 19.6. The van der Waals surface area contributed by atoms with Gasteiger partial charge >= 0.3 is 0 Å². The molecule has 5 rings (SSSR count). The normalized spacial score (nSPS) is 19.3. The van der Waals surface area contributed by atoms with Gasteiger partial charge in [0.1, 0.15) is 11.5 Å². The molecule has 34 heavy (non-hydrogen) atoms. The fraction of sp³-hybridized carbons (Fsp3) is 0.276. The number of para-hydroxylation sites is 3. The molecule has 0 spiro atoms. The van der Waals surface area contributed by atoms with Gasteiger partial charge < -0.3 is 20.1 Å². The van der Waals surface area contributed by atoms with E-state index in [0.717, 1.165) is 58.1 Å². The standard InChI is InChI=1S/C29H30N2O3/c1-3-16-34-27-11-7-4-8-22(27)29-28-25(30-23-9-5-6-10-24(23)31-29)17-20(18-26(28)32)19-12-14-21(33-2)15-13-19/h4-15,20,29-31H,3,16-18H2,1-2H3/t20-,29-/m0/s1. The molecule has 1 heterocycles. The number of hydrogen-bond donors (Lipinski definition) is 2. The third kappa shape index (κ3) is 4.26. The Hall–Kier alpha value is -3.73. The van der Waals surface area contributed by atoms with Crippen LogP contribution < -0.4 is 20.1 Å². The van der Waals surface area contributed by atoms with Crippen LogP contribution in [0.5, 0.6) is 11.5 Å². The summed E-state index contributed by atoms with van der Waals surface area (Å²) in [6.07, 6.45) is 2.16. The van der Waals surface area contributed by atoms with Crippen molar-refractivity contribution in [3.8, 4) is 11.5 Å². The topological polar surface area (TPSA) is 59.6 Å². The summed E-state index contributed by atoms with van der Waals surface area (Å²) >= 11 is 0. The summed E-state index contributed by atoms with van der Waals surface area (Å²) in [6, 6.07) is 23.9. The van der Waals surface area contributed by atoms with E-state index in [1.807, 2.05) is 42.5 Å². The lowest BCUT2D eigenvalue weighted by molar-refractivity contribution is -0.116. The second-order valence-corrected chi connectivity index (χ2v) is 8.83. The van der Waals surface area contributed by atoms with Gasteiger partial charge in [0, 0.05) is 23.3 Å². The van der Waals surface area contributed by atoms with Crippen LogP contribution in [0.25, 0.3) is 0 Å². The number of hydrogen-bond acceptors (Lipinski definition) is 5. The Labute approximate surface area is 200 Å². The van der Waals surface area contributed by atoms with Crippen molar-refractivity contribution in [1.29, 1.82) is 0 Å². The first-order chi connectivity index (χ1) is 16.7. The molecule has 0 aromatic heterocycles. The van der Waals surface area contributed by atoms with Crippen LogP contribution in [0, 0.1) is 0 Å². The highest BCUT2D eigenvalue weighted by Gasteiger charge is 2.37. The van der Waals surface area contributed by atoms with Crippen LogP contribution in [0.3, 0.4) is 0 Å². The first-order valence-corrected chi connectivity index (χ1v) is 11.9. The molecule has 0 radical (unpaired) electrons. The number of carbonyl (C=O) groups is 1. The van der Waals surface area contributed by atoms with Crippen molar-refractivity contribution in [2.45, 2.75) is 38.1 Å². The van der Waals surface area contributed by atoms with Gasteiger partial charge in [-0.05, 0) is 54.7 Å². The quantitative estimate of drug-likeness (QED) is 0.447. The van der Waals surface area contributed by atoms with Crippen LogP contribution in [-0.2, 0) is 4.79 Å². The van der Waals surface area contributed by atoms with Gasteiger partial charge in [-0.15, -0.1) is 0 Å². The summed E-state index contributed by atoms with van der Waals surface area (Å²) in [5.74, 6) is 1.91. The van der Waals surface area contributed by atoms with E-state index in [1.54, 1.807) is 7.11 Å². The minimum atomic E-state index is -0.288. The number of ether oxygens (including phenoxy) is 2. The van der Waals surface area contributed by atoms with Gasteiger partial charge in [0.05, 0.1) is 31.1 Å². The monoisotopic (exact) mass is 454 g/mol. The summed E-state index contributed by atoms with van der Waals surface area (Å²) in [4.78, 5) is 13.7. The Morgan fingerprint density at radius 1 is 0.912 bits per heavy atom. The number of nitrogens with one attached hydrogen (secondary N) is 2. The molecule has 2 atom stereocenters. The van der Waals surface area contributed by atoms with Crippen LogP contribution in [0.4, 0.5) is 11.4 Å². The van der Waals surface area contributed by atoms with Crippen molar-refractivity contribution < 1.29 is 14.3 Å². The fourth-order valence-electron chi connectivity index (χ4n) is 4.90. The number of allylic oxidation sites excluding steroid dienone is 1. The highest BCUT2D eigenvalue weighted by atomic mass is 16.5. The first kappa shape index (κ1) is 22.1. The first-order valence-electron chi connectivity index (χ1n) is 11.9. The van der Waals surface area contributed by atoms with Crippen molar-refractivity contribution in [2.75, 3.05) is 24.4 Å². The number of ketones is 1. The highest BCUT2D eigenvalue weighted by molar-refractivity contribution is 6.01. The maximum atomic E-state index is 13.7. The average Bonchev–Trinajstić information content (AvgIpc) is 3.04. The number of benzene rings is 3. The van der Waals surface area contributed by atoms with Gasteiger partial charge in [0.25, 0.3) is 0 Å². The summed E-state index contributed by atoms with van der Waals surface area (Å²) < 4.78 is 11.4. The van der Waals surface area contributed by atoms with E-state index in [-0.39, 0.29) is 17.7 Å². The molecular weight excluding hydrogens is 424 g/mol. The van der Waals surface area contributed by atoms with Gasteiger partial charge in [-0.1, -0.05) is 49.4 Å². The van der Waals surface area contributed by atoms with Crippen LogP contribution in [0.15, 0.2) is 84.1 Å². The fourth-order valence-corrected chi connectivity index (χ4v) is 4.90. The van der Waals surface area contributed by atoms with Crippen LogP contribution in [-0.4, -0.2) is 19.5 Å². The van der Waals surface area contributed by atoms with Crippen LogP contribution in [0.2, 0.25) is 0 Å². The third-order valence-corrected chi connectivity index (χ3v) is 6.59. The third-order valence-electron chi connectivity index (χ3n) is 6.59. The van der Waals surface area contributed by atoms with E-state index in [9.17, 15) is 4.79 Å². The highest BCUT2D eigenvalue weighted by Crippen LogP contribution is 2.45. The van der Waals surface area contributed by atoms with Crippen molar-refractivity contribution in [3.05, 3.63) is 95.2 Å². The Bertz CT molecular complexity index is 1220. The Balaban J connectivity index is 1.58. The maximum absolute atomic E-state index is 13.7. The van der Waals surface area contributed by atoms with Gasteiger partial charge in [0.2, 0.25) is 0 Å². The van der Waals surface area contributed by atoms with E-state index in [1.165, 1.54) is 0 Å². The van der Waals surface area contributed by atoms with Crippen molar-refractivity contribution >= 4 is 17.2 Å². The molecule has 0 saturated carbocycles. The van der Waals surface area contributed by atoms with Gasteiger partial charge in [-0.25, -0.2) is 0 Å². The molecule has 174 valence electrons. The molecule has 0 bridgehead atoms. The predicted molar refractivity (Wildman–Crippen MR) is 136 cm³/mol. The number of rotatable bonds is 6. The largest absolute Gasteiger partial charge is 0.497 e. The minimum absolute atomic E-state index is 0.113. The van der Waals surface area contributed by atoms with E-state index in [4.69, 9.17) is 9.47 Å². The lowest BCUT2D eigenvalue weighted by Gasteiger charge is -2.30. The van der Waals surface area contributed by atoms with Crippen molar-refractivity contribution in [3.63, 3.8) is 0 Å². The Morgan fingerprint density at radius 3 is 2.41 bits per heavy atom. The van der Waals surface area contributed by atoms with Crippen molar-refractivity contribution in [2.24, 2.45) is 0 Å². The maximum Gasteiger partial charge on any atom is 0.163 e. The van der Waals surface area contributed by atoms with E-state index in [2.05, 4.69) is 47.9 Å². The van der Waals surface area contributed by atoms with E-state index in [0.29, 0.717) is 13.0 Å². The number of anilines is 2. The summed E-state index contributed by atoms with van der Waals surface area (Å²) in [5, 5.41) is 7.26. The van der Waals surface area contributed by atoms with Gasteiger partial charge in [-0.2, -0.15) is 0 Å². The average molecular weight is 455 g/mol. The zero-order chi connectivity index (χ0) is 23.5. The van der Waals surface area contributed by atoms with Gasteiger partial charge in [-0.3, -0.25) is 4.79 Å². The number of Topliss-reactive ketones (excluding diaryl/α,β-unsaturated/α-hetero) is 1. The summed E-state index contributed by atoms with van der Waals surface area (Å²) in [6.45, 7) is 2.73. The lowest BCUT2D eigenvalue weighted by atomic mass is 9.78. The zero-order valence-electron chi connectivity index (χ0n) is 19.6. The molecule has 2 N–H and O–H groups in total. The molecule has 1 aliphatic carbocycles. The minimum Gasteiger partial charge on any atom is -0.497 e. The second-order valence-electron chi connectivity index (χ2n) is 8.83. The molecule has 5 nitrogen and oxygen atoms in total. The molecule has 5 heteroatoms. The molecule has 0 fully saturated rings. The summed E-state index contributed by atoms with van der Waals surface area (Å²) in [5.41, 5.74) is 5.86.